The fourth-order valence-corrected chi connectivity index (χ4v) is 4.26. The summed E-state index contributed by atoms with van der Waals surface area (Å²) in [5, 5.41) is 4.41. The first kappa shape index (κ1) is 17.4. The van der Waals surface area contributed by atoms with Crippen LogP contribution in [0, 0.1) is 6.92 Å². The van der Waals surface area contributed by atoms with Crippen LogP contribution in [0.4, 0.5) is 0 Å². The van der Waals surface area contributed by atoms with Gasteiger partial charge in [0, 0.05) is 57.3 Å². The Morgan fingerprint density at radius 3 is 2.46 bits per heavy atom. The van der Waals surface area contributed by atoms with Crippen molar-refractivity contribution < 1.29 is 0 Å². The molecule has 5 nitrogen and oxygen atoms in total. The van der Waals surface area contributed by atoms with Crippen LogP contribution in [0.2, 0.25) is 0 Å². The molecule has 0 saturated carbocycles. The number of aromatic nitrogens is 2. The third-order valence-corrected chi connectivity index (χ3v) is 5.94. The first-order valence-electron chi connectivity index (χ1n) is 9.03. The van der Waals surface area contributed by atoms with Gasteiger partial charge in [0.05, 0.1) is 16.2 Å². The number of hydrogen-bond donors (Lipinski definition) is 0. The van der Waals surface area contributed by atoms with Crippen LogP contribution in [0.25, 0.3) is 10.9 Å². The topological polar surface area (TPSA) is 41.4 Å². The summed E-state index contributed by atoms with van der Waals surface area (Å²) in [6.07, 6.45) is 0. The number of hydrogen-bond acceptors (Lipinski definition) is 5. The van der Waals surface area contributed by atoms with Gasteiger partial charge in [0.25, 0.3) is 5.56 Å². The Balaban J connectivity index is 1.42. The van der Waals surface area contributed by atoms with E-state index in [2.05, 4.69) is 39.2 Å². The highest BCUT2D eigenvalue weighted by molar-refractivity contribution is 7.09. The molecule has 136 valence electrons. The Kier molecular flexibility index (Phi) is 4.89. The standard InChI is InChI=1S/C20H24N4OS/c1-15-21-18(14-26-15)13-24-9-7-23(8-10-24)12-17-11-16-5-3-4-6-19(16)22(2)20(17)25/h3-6,11,14H,7-10,12-13H2,1-2H3. The van der Waals surface area contributed by atoms with Crippen LogP contribution in [0.3, 0.4) is 0 Å². The van der Waals surface area contributed by atoms with Crippen molar-refractivity contribution in [2.45, 2.75) is 20.0 Å². The van der Waals surface area contributed by atoms with Gasteiger partial charge in [-0.25, -0.2) is 4.98 Å². The van der Waals surface area contributed by atoms with Crippen LogP contribution in [-0.4, -0.2) is 45.5 Å². The lowest BCUT2D eigenvalue weighted by molar-refractivity contribution is 0.121. The van der Waals surface area contributed by atoms with Crippen LogP contribution in [-0.2, 0) is 20.1 Å². The fourth-order valence-electron chi connectivity index (χ4n) is 3.66. The van der Waals surface area contributed by atoms with Gasteiger partial charge in [-0.3, -0.25) is 14.6 Å². The second-order valence-electron chi connectivity index (χ2n) is 7.00. The fraction of sp³-hybridized carbons (Fsp3) is 0.400. The Bertz CT molecular complexity index is 969. The molecule has 1 aliphatic heterocycles. The van der Waals surface area contributed by atoms with Crippen molar-refractivity contribution in [3.05, 3.63) is 62.3 Å². The van der Waals surface area contributed by atoms with Crippen LogP contribution >= 0.6 is 11.3 Å². The first-order valence-corrected chi connectivity index (χ1v) is 9.91. The van der Waals surface area contributed by atoms with Crippen molar-refractivity contribution in [3.63, 3.8) is 0 Å². The van der Waals surface area contributed by atoms with Gasteiger partial charge in [0.15, 0.2) is 0 Å². The molecule has 1 fully saturated rings. The van der Waals surface area contributed by atoms with E-state index in [-0.39, 0.29) is 5.56 Å². The predicted octanol–water partition coefficient (Wildman–Crippen LogP) is 2.62. The molecule has 1 saturated heterocycles. The van der Waals surface area contributed by atoms with Gasteiger partial charge >= 0.3 is 0 Å². The summed E-state index contributed by atoms with van der Waals surface area (Å²) >= 11 is 1.71. The highest BCUT2D eigenvalue weighted by atomic mass is 32.1. The van der Waals surface area contributed by atoms with E-state index in [1.807, 2.05) is 25.2 Å². The number of pyridine rings is 1. The number of rotatable bonds is 4. The summed E-state index contributed by atoms with van der Waals surface area (Å²) in [5.41, 5.74) is 3.16. The summed E-state index contributed by atoms with van der Waals surface area (Å²) in [5.74, 6) is 0. The lowest BCUT2D eigenvalue weighted by Gasteiger charge is -2.34. The SMILES string of the molecule is Cc1nc(CN2CCN(Cc3cc4ccccc4n(C)c3=O)CC2)cs1. The molecule has 3 heterocycles. The van der Waals surface area contributed by atoms with Crippen LogP contribution in [0.1, 0.15) is 16.3 Å². The van der Waals surface area contributed by atoms with Gasteiger partial charge in [-0.2, -0.15) is 0 Å². The number of benzene rings is 1. The molecular formula is C20H24N4OS. The average molecular weight is 369 g/mol. The van der Waals surface area contributed by atoms with Crippen molar-refractivity contribution in [1.29, 1.82) is 0 Å². The Hall–Kier alpha value is -2.02. The lowest BCUT2D eigenvalue weighted by atomic mass is 10.1. The summed E-state index contributed by atoms with van der Waals surface area (Å²) in [7, 11) is 1.86. The Morgan fingerprint density at radius 2 is 1.77 bits per heavy atom. The summed E-state index contributed by atoms with van der Waals surface area (Å²) in [6, 6.07) is 10.1. The highest BCUT2D eigenvalue weighted by Crippen LogP contribution is 2.16. The molecule has 0 spiro atoms. The van der Waals surface area contributed by atoms with Crippen molar-refractivity contribution in [2.24, 2.45) is 7.05 Å². The molecule has 6 heteroatoms. The molecule has 2 aromatic heterocycles. The maximum atomic E-state index is 12.7. The Labute approximate surface area is 157 Å². The van der Waals surface area contributed by atoms with E-state index in [4.69, 9.17) is 0 Å². The van der Waals surface area contributed by atoms with Crippen LogP contribution in [0.15, 0.2) is 40.5 Å². The van der Waals surface area contributed by atoms with E-state index >= 15 is 0 Å². The molecule has 1 aliphatic rings. The highest BCUT2D eigenvalue weighted by Gasteiger charge is 2.19. The van der Waals surface area contributed by atoms with Gasteiger partial charge < -0.3 is 4.57 Å². The zero-order valence-electron chi connectivity index (χ0n) is 15.3. The lowest BCUT2D eigenvalue weighted by Crippen LogP contribution is -2.46. The molecule has 0 aliphatic carbocycles. The van der Waals surface area contributed by atoms with Gasteiger partial charge in [-0.15, -0.1) is 11.3 Å². The molecule has 0 amide bonds. The van der Waals surface area contributed by atoms with Crippen molar-refractivity contribution >= 4 is 22.2 Å². The molecule has 4 rings (SSSR count). The van der Waals surface area contributed by atoms with E-state index in [9.17, 15) is 4.79 Å². The van der Waals surface area contributed by atoms with Crippen LogP contribution < -0.4 is 5.56 Å². The smallest absolute Gasteiger partial charge is 0.255 e. The largest absolute Gasteiger partial charge is 0.311 e. The number of thiazole rings is 1. The average Bonchev–Trinajstić information content (AvgIpc) is 3.06. The number of piperazine rings is 1. The van der Waals surface area contributed by atoms with E-state index < -0.39 is 0 Å². The molecule has 26 heavy (non-hydrogen) atoms. The third kappa shape index (κ3) is 3.58. The number of para-hydroxylation sites is 1. The van der Waals surface area contributed by atoms with E-state index in [0.717, 1.165) is 60.7 Å². The third-order valence-electron chi connectivity index (χ3n) is 5.12. The molecule has 0 N–H and O–H groups in total. The number of fused-ring (bicyclic) bond motifs is 1. The van der Waals surface area contributed by atoms with Gasteiger partial charge in [-0.05, 0) is 24.4 Å². The van der Waals surface area contributed by atoms with Crippen LogP contribution in [0.5, 0.6) is 0 Å². The summed E-state index contributed by atoms with van der Waals surface area (Å²) < 4.78 is 1.77. The quantitative estimate of drug-likeness (QED) is 0.710. The molecule has 0 unspecified atom stereocenters. The molecule has 1 aromatic carbocycles. The number of nitrogens with zero attached hydrogens (tertiary/aromatic N) is 4. The summed E-state index contributed by atoms with van der Waals surface area (Å²) in [4.78, 5) is 22.1. The summed E-state index contributed by atoms with van der Waals surface area (Å²) in [6.45, 7) is 7.71. The van der Waals surface area contributed by atoms with Crippen molar-refractivity contribution in [3.8, 4) is 0 Å². The van der Waals surface area contributed by atoms with Crippen molar-refractivity contribution in [2.75, 3.05) is 26.2 Å². The van der Waals surface area contributed by atoms with Crippen molar-refractivity contribution in [1.82, 2.24) is 19.4 Å². The monoisotopic (exact) mass is 368 g/mol. The minimum absolute atomic E-state index is 0.115. The normalized spacial score (nSPS) is 16.4. The maximum Gasteiger partial charge on any atom is 0.255 e. The Morgan fingerprint density at radius 1 is 1.08 bits per heavy atom. The zero-order chi connectivity index (χ0) is 18.1. The molecule has 3 aromatic rings. The van der Waals surface area contributed by atoms with Gasteiger partial charge in [-0.1, -0.05) is 18.2 Å². The van der Waals surface area contributed by atoms with E-state index in [1.165, 1.54) is 5.69 Å². The zero-order valence-corrected chi connectivity index (χ0v) is 16.1. The molecule has 0 atom stereocenters. The van der Waals surface area contributed by atoms with E-state index in [1.54, 1.807) is 15.9 Å². The minimum Gasteiger partial charge on any atom is -0.311 e. The van der Waals surface area contributed by atoms with E-state index in [0.29, 0.717) is 0 Å². The molecular weight excluding hydrogens is 344 g/mol. The minimum atomic E-state index is 0.115. The second kappa shape index (κ2) is 7.31. The second-order valence-corrected chi connectivity index (χ2v) is 8.06. The van der Waals surface area contributed by atoms with Gasteiger partial charge in [0.2, 0.25) is 0 Å². The predicted molar refractivity (Wildman–Crippen MR) is 107 cm³/mol. The van der Waals surface area contributed by atoms with Gasteiger partial charge in [0.1, 0.15) is 0 Å². The number of aryl methyl sites for hydroxylation is 2. The maximum absolute atomic E-state index is 12.7. The molecule has 0 radical (unpaired) electrons. The molecule has 0 bridgehead atoms. The first-order chi connectivity index (χ1) is 12.6.